The third-order valence-corrected chi connectivity index (χ3v) is 3.71. The Hall–Kier alpha value is -1.50. The van der Waals surface area contributed by atoms with E-state index in [9.17, 15) is 9.18 Å². The summed E-state index contributed by atoms with van der Waals surface area (Å²) in [5.74, 6) is -0.338. The molecular weight excluding hydrogens is 354 g/mol. The highest BCUT2D eigenvalue weighted by molar-refractivity contribution is 8.06. The molecule has 0 unspecified atom stereocenters. The fraction of sp³-hybridized carbons (Fsp3) is 0.556. The highest BCUT2D eigenvalue weighted by atomic mass is 32.5. The van der Waals surface area contributed by atoms with Gasteiger partial charge in [-0.15, -0.1) is 5.11 Å². The van der Waals surface area contributed by atoms with E-state index >= 15 is 0 Å². The Kier molecular flexibility index (Phi) is 5.39. The van der Waals surface area contributed by atoms with Crippen molar-refractivity contribution in [1.29, 1.82) is 5.53 Å². The van der Waals surface area contributed by atoms with E-state index in [1.54, 1.807) is 0 Å². The van der Waals surface area contributed by atoms with Gasteiger partial charge in [0.15, 0.2) is 11.5 Å². The predicted octanol–water partition coefficient (Wildman–Crippen LogP) is 0.105. The van der Waals surface area contributed by atoms with E-state index in [0.717, 1.165) is 0 Å². The Morgan fingerprint density at radius 2 is 2.39 bits per heavy atom. The maximum Gasteiger partial charge on any atom is 0.321 e. The van der Waals surface area contributed by atoms with E-state index in [1.165, 1.54) is 0 Å². The number of anilines is 2. The highest BCUT2D eigenvalue weighted by Gasteiger charge is 2.37. The van der Waals surface area contributed by atoms with E-state index in [2.05, 4.69) is 36.7 Å². The molecule has 11 nitrogen and oxygen atoms in total. The van der Waals surface area contributed by atoms with Gasteiger partial charge in [-0.1, -0.05) is 0 Å². The minimum atomic E-state index is -3.90. The lowest BCUT2D eigenvalue weighted by Gasteiger charge is -2.17. The third-order valence-electron chi connectivity index (χ3n) is 2.91. The molecule has 2 heterocycles. The van der Waals surface area contributed by atoms with Crippen LogP contribution in [0.3, 0.4) is 0 Å². The number of H-pyrrole nitrogens is 1. The van der Waals surface area contributed by atoms with Crippen molar-refractivity contribution >= 4 is 36.0 Å². The van der Waals surface area contributed by atoms with E-state index in [1.807, 2.05) is 0 Å². The maximum absolute atomic E-state index is 13.9. The van der Waals surface area contributed by atoms with Gasteiger partial charge in [0.1, 0.15) is 18.5 Å². The fourth-order valence-electron chi connectivity index (χ4n) is 1.96. The summed E-state index contributed by atoms with van der Waals surface area (Å²) in [5, 5.41) is 5.65. The molecule has 0 bridgehead atoms. The first-order valence-electron chi connectivity index (χ1n) is 6.23. The molecule has 1 saturated heterocycles. The van der Waals surface area contributed by atoms with Crippen LogP contribution in [0.1, 0.15) is 6.42 Å². The van der Waals surface area contributed by atoms with Crippen LogP contribution in [0.4, 0.5) is 21.8 Å². The van der Waals surface area contributed by atoms with Gasteiger partial charge in [-0.2, -0.15) is 4.98 Å². The Bertz CT molecular complexity index is 697. The summed E-state index contributed by atoms with van der Waals surface area (Å²) >= 11 is 4.27. The van der Waals surface area contributed by atoms with E-state index < -0.39 is 37.4 Å². The number of halogens is 1. The first-order chi connectivity index (χ1) is 10.7. The molecule has 0 spiro atoms. The molecule has 0 aliphatic carbocycles. The minimum Gasteiger partial charge on any atom is -0.369 e. The summed E-state index contributed by atoms with van der Waals surface area (Å²) in [6.07, 6.45) is -3.57. The van der Waals surface area contributed by atoms with E-state index in [-0.39, 0.29) is 23.9 Å². The monoisotopic (exact) mass is 368 g/mol. The van der Waals surface area contributed by atoms with Gasteiger partial charge in [0.05, 0.1) is 6.61 Å². The van der Waals surface area contributed by atoms with E-state index in [4.69, 9.17) is 25.8 Å². The van der Waals surface area contributed by atoms with Crippen LogP contribution < -0.4 is 16.6 Å². The number of aromatic amines is 1. The number of alkyl halides is 1. The number of ether oxygens (including phenoxy) is 1. The summed E-state index contributed by atoms with van der Waals surface area (Å²) in [4.78, 5) is 35.5. The lowest BCUT2D eigenvalue weighted by molar-refractivity contribution is 0.00741. The molecule has 0 radical (unpaired) electrons. The van der Waals surface area contributed by atoms with Crippen molar-refractivity contribution in [3.05, 3.63) is 10.4 Å². The average molecular weight is 368 g/mol. The number of hydrogen-bond donors (Lipinski definition) is 6. The summed E-state index contributed by atoms with van der Waals surface area (Å²) < 4.78 is 23.7. The summed E-state index contributed by atoms with van der Waals surface area (Å²) in [7, 11) is 0. The zero-order chi connectivity index (χ0) is 17.2. The van der Waals surface area contributed by atoms with Gasteiger partial charge in [-0.25, -0.2) is 9.92 Å². The van der Waals surface area contributed by atoms with Crippen molar-refractivity contribution < 1.29 is 23.4 Å². The molecule has 7 N–H and O–H groups in total. The van der Waals surface area contributed by atoms with Gasteiger partial charge >= 0.3 is 6.72 Å². The van der Waals surface area contributed by atoms with E-state index in [0.29, 0.717) is 0 Å². The van der Waals surface area contributed by atoms with Crippen molar-refractivity contribution in [2.45, 2.75) is 24.9 Å². The van der Waals surface area contributed by atoms with Crippen LogP contribution >= 0.6 is 6.72 Å². The van der Waals surface area contributed by atoms with Crippen molar-refractivity contribution in [3.63, 3.8) is 0 Å². The number of nitrogen functional groups attached to an aromatic ring is 1. The predicted molar refractivity (Wildman–Crippen MR) is 80.5 cm³/mol. The van der Waals surface area contributed by atoms with Crippen LogP contribution in [0.5, 0.6) is 0 Å². The van der Waals surface area contributed by atoms with Gasteiger partial charge in [-0.05, 0) is 11.8 Å². The number of aromatic nitrogens is 2. The Balaban J connectivity index is 2.07. The van der Waals surface area contributed by atoms with Crippen LogP contribution in [0.2, 0.25) is 0 Å². The first kappa shape index (κ1) is 17.8. The molecule has 128 valence electrons. The SMILES string of the molecule is N=Nc1c(N[C@H]2C[C@@H](F)[C@@H](COP(O)(O)=S)O2)nc(N)[nH]c1=O. The van der Waals surface area contributed by atoms with Crippen molar-refractivity contribution in [2.24, 2.45) is 5.11 Å². The molecule has 1 aromatic rings. The molecule has 0 saturated carbocycles. The Morgan fingerprint density at radius 1 is 1.70 bits per heavy atom. The molecule has 0 amide bonds. The molecule has 1 aliphatic heterocycles. The lowest BCUT2D eigenvalue weighted by atomic mass is 10.2. The summed E-state index contributed by atoms with van der Waals surface area (Å²) in [5.41, 5.74) is 11.3. The largest absolute Gasteiger partial charge is 0.369 e. The minimum absolute atomic E-state index is 0.125. The molecule has 1 aromatic heterocycles. The number of nitrogens with two attached hydrogens (primary N) is 1. The molecular formula is C9H14FN6O5PS. The smallest absolute Gasteiger partial charge is 0.321 e. The quantitative estimate of drug-likeness (QED) is 0.300. The van der Waals surface area contributed by atoms with Gasteiger partial charge < -0.3 is 30.1 Å². The number of hydrogen-bond acceptors (Lipinski definition) is 9. The van der Waals surface area contributed by atoms with Gasteiger partial charge in [0.25, 0.3) is 5.56 Å². The molecule has 23 heavy (non-hydrogen) atoms. The zero-order valence-corrected chi connectivity index (χ0v) is 13.2. The summed E-state index contributed by atoms with van der Waals surface area (Å²) in [6, 6.07) is 0. The fourth-order valence-corrected chi connectivity index (χ4v) is 2.48. The Labute approximate surface area is 133 Å². The maximum atomic E-state index is 13.9. The third kappa shape index (κ3) is 4.73. The standard InChI is InChI=1S/C9H14FN6O5PS/c10-3-1-5(21-4(3)2-20-22(18,19)23)13-7-6(16-12)8(17)15-9(11)14-7/h3-5,12H,1-2H2,(H2,18,19,23)(H4,11,13,14,15,17)/t3-,4-,5-/m1/s1. The number of nitrogens with one attached hydrogen (secondary N) is 3. The lowest BCUT2D eigenvalue weighted by Crippen LogP contribution is -2.25. The second kappa shape index (κ2) is 6.95. The van der Waals surface area contributed by atoms with Crippen molar-refractivity contribution in [2.75, 3.05) is 17.7 Å². The van der Waals surface area contributed by atoms with Gasteiger partial charge in [0.2, 0.25) is 5.95 Å². The molecule has 3 atom stereocenters. The molecule has 0 aromatic carbocycles. The number of nitrogens with zero attached hydrogens (tertiary/aromatic N) is 2. The molecule has 1 fully saturated rings. The zero-order valence-electron chi connectivity index (χ0n) is 11.5. The van der Waals surface area contributed by atoms with Crippen LogP contribution in [-0.2, 0) is 21.1 Å². The van der Waals surface area contributed by atoms with Crippen molar-refractivity contribution in [3.8, 4) is 0 Å². The second-order valence-corrected chi connectivity index (χ2v) is 7.27. The first-order valence-corrected chi connectivity index (χ1v) is 8.85. The highest BCUT2D eigenvalue weighted by Crippen LogP contribution is 2.38. The van der Waals surface area contributed by atoms with Crippen LogP contribution in [0.15, 0.2) is 9.91 Å². The average Bonchev–Trinajstić information content (AvgIpc) is 2.75. The summed E-state index contributed by atoms with van der Waals surface area (Å²) in [6.45, 7) is -4.34. The van der Waals surface area contributed by atoms with Crippen LogP contribution in [-0.4, -0.2) is 44.9 Å². The molecule has 1 aliphatic rings. The van der Waals surface area contributed by atoms with Crippen LogP contribution in [0.25, 0.3) is 0 Å². The Morgan fingerprint density at radius 3 is 3.00 bits per heavy atom. The molecule has 2 rings (SSSR count). The van der Waals surface area contributed by atoms with Gasteiger partial charge in [0, 0.05) is 6.42 Å². The van der Waals surface area contributed by atoms with Gasteiger partial charge in [-0.3, -0.25) is 9.78 Å². The molecule has 14 heteroatoms. The normalized spacial score (nSPS) is 24.6. The number of rotatable bonds is 6. The second-order valence-electron chi connectivity index (χ2n) is 4.61. The van der Waals surface area contributed by atoms with Crippen molar-refractivity contribution in [1.82, 2.24) is 9.97 Å². The topological polar surface area (TPSA) is 179 Å². The van der Waals surface area contributed by atoms with Crippen LogP contribution in [0, 0.1) is 5.53 Å².